The summed E-state index contributed by atoms with van der Waals surface area (Å²) in [5, 5.41) is 9.92. The van der Waals surface area contributed by atoms with Gasteiger partial charge >= 0.3 is 0 Å². The Morgan fingerprint density at radius 1 is 1.40 bits per heavy atom. The van der Waals surface area contributed by atoms with Crippen LogP contribution in [0.4, 0.5) is 0 Å². The van der Waals surface area contributed by atoms with Crippen molar-refractivity contribution in [2.24, 2.45) is 0 Å². The van der Waals surface area contributed by atoms with E-state index in [9.17, 15) is 0 Å². The van der Waals surface area contributed by atoms with Gasteiger partial charge in [0.1, 0.15) is 0 Å². The summed E-state index contributed by atoms with van der Waals surface area (Å²) in [6.45, 7) is 4.21. The van der Waals surface area contributed by atoms with Crippen LogP contribution < -0.4 is 0 Å². The van der Waals surface area contributed by atoms with Crippen molar-refractivity contribution >= 4 is 10.9 Å². The molecule has 1 heterocycles. The maximum atomic E-state index is 8.80. The first-order valence-corrected chi connectivity index (χ1v) is 5.06. The quantitative estimate of drug-likeness (QED) is 0.726. The van der Waals surface area contributed by atoms with Crippen LogP contribution in [-0.4, -0.2) is 4.57 Å². The van der Waals surface area contributed by atoms with E-state index in [0.717, 1.165) is 5.39 Å². The summed E-state index contributed by atoms with van der Waals surface area (Å²) in [4.78, 5) is 0. The normalized spacial score (nSPS) is 12.6. The number of hydrogen-bond acceptors (Lipinski definition) is 1. The third kappa shape index (κ3) is 1.61. The van der Waals surface area contributed by atoms with E-state index in [2.05, 4.69) is 43.2 Å². The van der Waals surface area contributed by atoms with E-state index in [1.165, 1.54) is 5.52 Å². The van der Waals surface area contributed by atoms with Crippen molar-refractivity contribution in [1.29, 1.82) is 5.26 Å². The highest BCUT2D eigenvalue weighted by Crippen LogP contribution is 2.22. The highest BCUT2D eigenvalue weighted by molar-refractivity contribution is 5.81. The van der Waals surface area contributed by atoms with Gasteiger partial charge in [0.05, 0.1) is 11.6 Å². The largest absolute Gasteiger partial charge is 0.344 e. The molecule has 0 fully saturated rings. The van der Waals surface area contributed by atoms with Crippen LogP contribution in [0.3, 0.4) is 0 Å². The molecule has 1 aromatic heterocycles. The average molecular weight is 197 g/mol. The monoisotopic (exact) mass is 197 g/mol. The highest BCUT2D eigenvalue weighted by atomic mass is 15.0. The Bertz CT molecular complexity index is 517. The predicted molar refractivity (Wildman–Crippen MR) is 61.3 cm³/mol. The minimum absolute atomic E-state index is 0.385. The van der Waals surface area contributed by atoms with E-state index in [4.69, 9.17) is 5.26 Å². The van der Waals surface area contributed by atoms with Crippen molar-refractivity contribution in [3.05, 3.63) is 42.4 Å². The second-order valence-electron chi connectivity index (χ2n) is 3.68. The number of rotatable bonds is 2. The maximum absolute atomic E-state index is 8.80. The van der Waals surface area contributed by atoms with Crippen molar-refractivity contribution < 1.29 is 0 Å². The van der Waals surface area contributed by atoms with Gasteiger partial charge in [0.2, 0.25) is 0 Å². The van der Waals surface area contributed by atoms with Gasteiger partial charge in [-0.15, -0.1) is 0 Å². The molecule has 0 bridgehead atoms. The molecule has 2 heteroatoms. The van der Waals surface area contributed by atoms with Gasteiger partial charge in [-0.2, -0.15) is 5.26 Å². The lowest BCUT2D eigenvalue weighted by Gasteiger charge is -2.12. The molecule has 1 unspecified atom stereocenters. The fraction of sp³-hybridized carbons (Fsp3) is 0.231. The van der Waals surface area contributed by atoms with Gasteiger partial charge in [-0.25, -0.2) is 0 Å². The molecule has 0 aliphatic carbocycles. The third-order valence-corrected chi connectivity index (χ3v) is 2.77. The van der Waals surface area contributed by atoms with Crippen molar-refractivity contribution in [1.82, 2.24) is 4.57 Å². The third-order valence-electron chi connectivity index (χ3n) is 2.77. The van der Waals surface area contributed by atoms with Gasteiger partial charge in [-0.05, 0) is 37.6 Å². The van der Waals surface area contributed by atoms with Gasteiger partial charge in [0.25, 0.3) is 0 Å². The summed E-state index contributed by atoms with van der Waals surface area (Å²) in [7, 11) is 0. The second-order valence-corrected chi connectivity index (χ2v) is 3.68. The van der Waals surface area contributed by atoms with E-state index < -0.39 is 0 Å². The SMILES string of the molecule is C[CH]C(C)n1ccc2cc(C#N)ccc21. The van der Waals surface area contributed by atoms with Crippen LogP contribution in [0.2, 0.25) is 0 Å². The lowest BCUT2D eigenvalue weighted by atomic mass is 10.1. The molecule has 0 saturated carbocycles. The van der Waals surface area contributed by atoms with Crippen molar-refractivity contribution in [3.8, 4) is 6.07 Å². The molecular weight excluding hydrogens is 184 g/mol. The predicted octanol–water partition coefficient (Wildman–Crippen LogP) is 3.30. The molecule has 0 amide bonds. The van der Waals surface area contributed by atoms with E-state index >= 15 is 0 Å². The van der Waals surface area contributed by atoms with Crippen LogP contribution in [0.5, 0.6) is 0 Å². The van der Waals surface area contributed by atoms with Crippen LogP contribution in [0.15, 0.2) is 30.5 Å². The Morgan fingerprint density at radius 3 is 2.87 bits per heavy atom. The van der Waals surface area contributed by atoms with Crippen molar-refractivity contribution in [2.75, 3.05) is 0 Å². The van der Waals surface area contributed by atoms with E-state index in [0.29, 0.717) is 11.6 Å². The van der Waals surface area contributed by atoms with Crippen LogP contribution in [0, 0.1) is 17.8 Å². The van der Waals surface area contributed by atoms with Crippen LogP contribution in [0.1, 0.15) is 25.5 Å². The second kappa shape index (κ2) is 3.78. The molecule has 0 saturated heterocycles. The van der Waals surface area contributed by atoms with Gasteiger partial charge in [-0.1, -0.05) is 6.92 Å². The number of hydrogen-bond donors (Lipinski definition) is 0. The number of nitriles is 1. The first-order chi connectivity index (χ1) is 7.26. The summed E-state index contributed by atoms with van der Waals surface area (Å²) in [5.74, 6) is 0. The summed E-state index contributed by atoms with van der Waals surface area (Å²) < 4.78 is 2.20. The molecule has 0 aliphatic heterocycles. The zero-order valence-corrected chi connectivity index (χ0v) is 8.94. The number of fused-ring (bicyclic) bond motifs is 1. The lowest BCUT2D eigenvalue weighted by molar-refractivity contribution is 0.643. The average Bonchev–Trinajstić information content (AvgIpc) is 2.70. The van der Waals surface area contributed by atoms with Crippen LogP contribution in [0.25, 0.3) is 10.9 Å². The highest BCUT2D eigenvalue weighted by Gasteiger charge is 2.06. The smallest absolute Gasteiger partial charge is 0.0991 e. The molecule has 1 radical (unpaired) electrons. The molecule has 0 N–H and O–H groups in total. The topological polar surface area (TPSA) is 28.7 Å². The molecule has 2 aromatic rings. The van der Waals surface area contributed by atoms with Gasteiger partial charge in [-0.3, -0.25) is 0 Å². The molecule has 2 nitrogen and oxygen atoms in total. The van der Waals surface area contributed by atoms with Crippen LogP contribution >= 0.6 is 0 Å². The Kier molecular flexibility index (Phi) is 2.47. The van der Waals surface area contributed by atoms with E-state index in [-0.39, 0.29) is 0 Å². The van der Waals surface area contributed by atoms with Crippen LogP contribution in [-0.2, 0) is 0 Å². The number of benzene rings is 1. The molecule has 75 valence electrons. The van der Waals surface area contributed by atoms with Gasteiger partial charge in [0, 0.05) is 23.1 Å². The van der Waals surface area contributed by atoms with Gasteiger partial charge in [0.15, 0.2) is 0 Å². The molecular formula is C13H13N2. The summed E-state index contributed by atoms with van der Waals surface area (Å²) in [6, 6.07) is 10.4. The first kappa shape index (κ1) is 9.79. The Balaban J connectivity index is 2.58. The zero-order valence-electron chi connectivity index (χ0n) is 8.94. The Hall–Kier alpha value is -1.75. The molecule has 2 rings (SSSR count). The fourth-order valence-electron chi connectivity index (χ4n) is 1.75. The number of aromatic nitrogens is 1. The van der Waals surface area contributed by atoms with Gasteiger partial charge < -0.3 is 4.57 Å². The minimum atomic E-state index is 0.385. The Labute approximate surface area is 89.7 Å². The fourth-order valence-corrected chi connectivity index (χ4v) is 1.75. The molecule has 0 aliphatic rings. The van der Waals surface area contributed by atoms with E-state index in [1.807, 2.05) is 18.2 Å². The van der Waals surface area contributed by atoms with E-state index in [1.54, 1.807) is 0 Å². The van der Waals surface area contributed by atoms with Crippen molar-refractivity contribution in [3.63, 3.8) is 0 Å². The molecule has 0 spiro atoms. The zero-order chi connectivity index (χ0) is 10.8. The molecule has 1 atom stereocenters. The van der Waals surface area contributed by atoms with Crippen molar-refractivity contribution in [2.45, 2.75) is 19.9 Å². The molecule has 15 heavy (non-hydrogen) atoms. The molecule has 1 aromatic carbocycles. The minimum Gasteiger partial charge on any atom is -0.344 e. The summed E-state index contributed by atoms with van der Waals surface area (Å²) >= 11 is 0. The lowest BCUT2D eigenvalue weighted by Crippen LogP contribution is -2.01. The first-order valence-electron chi connectivity index (χ1n) is 5.06. The maximum Gasteiger partial charge on any atom is 0.0991 e. The summed E-state index contributed by atoms with van der Waals surface area (Å²) in [6.07, 6.45) is 4.22. The standard InChI is InChI=1S/C13H13N2/c1-3-10(2)15-7-6-12-8-11(9-14)4-5-13(12)15/h3-8,10H,1-2H3. The number of nitrogens with zero attached hydrogens (tertiary/aromatic N) is 2. The summed E-state index contributed by atoms with van der Waals surface area (Å²) in [5.41, 5.74) is 1.90. The Morgan fingerprint density at radius 2 is 2.20 bits per heavy atom.